The van der Waals surface area contributed by atoms with E-state index in [1.807, 2.05) is 0 Å². The summed E-state index contributed by atoms with van der Waals surface area (Å²) in [4.78, 5) is 11.7. The van der Waals surface area contributed by atoms with Crippen LogP contribution in [0.25, 0.3) is 0 Å². The van der Waals surface area contributed by atoms with Crippen molar-refractivity contribution in [3.8, 4) is 0 Å². The molecule has 2 atom stereocenters. The number of nitrogens with two attached hydrogens (primary N) is 1. The Morgan fingerprint density at radius 1 is 1.50 bits per heavy atom. The van der Waals surface area contributed by atoms with Crippen molar-refractivity contribution in [3.05, 3.63) is 0 Å². The van der Waals surface area contributed by atoms with Crippen molar-refractivity contribution in [2.75, 3.05) is 6.54 Å². The number of hydrogen-bond acceptors (Lipinski definition) is 2. The minimum Gasteiger partial charge on any atom is -0.353 e. The maximum atomic E-state index is 11.7. The molecule has 0 heterocycles. The van der Waals surface area contributed by atoms with E-state index in [1.54, 1.807) is 0 Å². The van der Waals surface area contributed by atoms with Gasteiger partial charge in [-0.3, -0.25) is 4.79 Å². The molecular weight excluding hydrogens is 200 g/mol. The van der Waals surface area contributed by atoms with Crippen LogP contribution in [-0.2, 0) is 4.79 Å². The smallest absolute Gasteiger partial charge is 0.220 e. The fourth-order valence-electron chi connectivity index (χ4n) is 2.10. The summed E-state index contributed by atoms with van der Waals surface area (Å²) in [6, 6.07) is 0.412. The van der Waals surface area contributed by atoms with Crippen LogP contribution < -0.4 is 11.1 Å². The molecule has 1 aliphatic rings. The lowest BCUT2D eigenvalue weighted by Crippen LogP contribution is -2.28. The van der Waals surface area contributed by atoms with Gasteiger partial charge in [-0.2, -0.15) is 0 Å². The van der Waals surface area contributed by atoms with Crippen molar-refractivity contribution in [1.82, 2.24) is 5.32 Å². The Kier molecular flexibility index (Phi) is 4.78. The highest BCUT2D eigenvalue weighted by atomic mass is 16.1. The molecule has 0 aliphatic heterocycles. The molecule has 0 saturated heterocycles. The van der Waals surface area contributed by atoms with E-state index in [9.17, 15) is 4.79 Å². The van der Waals surface area contributed by atoms with Gasteiger partial charge in [0.05, 0.1) is 0 Å². The van der Waals surface area contributed by atoms with E-state index < -0.39 is 0 Å². The molecule has 2 unspecified atom stereocenters. The number of carbonyl (C=O) groups excluding carboxylic acids is 1. The van der Waals surface area contributed by atoms with Crippen molar-refractivity contribution in [2.45, 2.75) is 58.9 Å². The van der Waals surface area contributed by atoms with Gasteiger partial charge in [0.15, 0.2) is 0 Å². The first-order chi connectivity index (χ1) is 7.49. The first-order valence-corrected chi connectivity index (χ1v) is 6.49. The van der Waals surface area contributed by atoms with Gasteiger partial charge in [-0.25, -0.2) is 0 Å². The topological polar surface area (TPSA) is 55.1 Å². The Balaban J connectivity index is 2.15. The van der Waals surface area contributed by atoms with E-state index in [0.29, 0.717) is 23.8 Å². The van der Waals surface area contributed by atoms with E-state index in [2.05, 4.69) is 26.1 Å². The van der Waals surface area contributed by atoms with Gasteiger partial charge >= 0.3 is 0 Å². The third kappa shape index (κ3) is 4.12. The van der Waals surface area contributed by atoms with Crippen LogP contribution in [0.5, 0.6) is 0 Å². The fourth-order valence-corrected chi connectivity index (χ4v) is 2.10. The second-order valence-corrected chi connectivity index (χ2v) is 5.70. The van der Waals surface area contributed by atoms with Crippen molar-refractivity contribution in [3.63, 3.8) is 0 Å². The monoisotopic (exact) mass is 226 g/mol. The van der Waals surface area contributed by atoms with E-state index in [4.69, 9.17) is 5.73 Å². The molecule has 0 bridgehead atoms. The zero-order chi connectivity index (χ0) is 12.2. The summed E-state index contributed by atoms with van der Waals surface area (Å²) >= 11 is 0. The Labute approximate surface area is 99.2 Å². The summed E-state index contributed by atoms with van der Waals surface area (Å²) in [5.74, 6) is 0.828. The standard InChI is InChI=1S/C13H26N2O/c1-4-10(7-8-14)5-6-12(16)15-11-9-13(11,2)3/h10-11H,4-9,14H2,1-3H3,(H,15,16). The zero-order valence-electron chi connectivity index (χ0n) is 10.9. The largest absolute Gasteiger partial charge is 0.353 e. The van der Waals surface area contributed by atoms with Gasteiger partial charge in [-0.05, 0) is 37.1 Å². The van der Waals surface area contributed by atoms with Gasteiger partial charge in [-0.15, -0.1) is 0 Å². The van der Waals surface area contributed by atoms with Crippen LogP contribution >= 0.6 is 0 Å². The van der Waals surface area contributed by atoms with Gasteiger partial charge in [0.25, 0.3) is 0 Å². The first-order valence-electron chi connectivity index (χ1n) is 6.49. The maximum absolute atomic E-state index is 11.7. The van der Waals surface area contributed by atoms with Gasteiger partial charge in [0.1, 0.15) is 0 Å². The molecular formula is C13H26N2O. The summed E-state index contributed by atoms with van der Waals surface area (Å²) in [5, 5.41) is 3.10. The van der Waals surface area contributed by atoms with Crippen molar-refractivity contribution >= 4 is 5.91 Å². The molecule has 1 saturated carbocycles. The molecule has 0 aromatic heterocycles. The molecule has 94 valence electrons. The average molecular weight is 226 g/mol. The molecule has 0 aromatic rings. The maximum Gasteiger partial charge on any atom is 0.220 e. The molecule has 0 radical (unpaired) electrons. The molecule has 3 nitrogen and oxygen atoms in total. The lowest BCUT2D eigenvalue weighted by atomic mass is 9.96. The fraction of sp³-hybridized carbons (Fsp3) is 0.923. The van der Waals surface area contributed by atoms with Crippen LogP contribution in [0.4, 0.5) is 0 Å². The SMILES string of the molecule is CCC(CCN)CCC(=O)NC1CC1(C)C. The van der Waals surface area contributed by atoms with Gasteiger partial charge < -0.3 is 11.1 Å². The van der Waals surface area contributed by atoms with E-state index in [1.165, 1.54) is 0 Å². The van der Waals surface area contributed by atoms with Gasteiger partial charge in [-0.1, -0.05) is 27.2 Å². The predicted octanol–water partition coefficient (Wildman–Crippen LogP) is 2.06. The highest BCUT2D eigenvalue weighted by molar-refractivity contribution is 5.76. The molecule has 1 rings (SSSR count). The van der Waals surface area contributed by atoms with E-state index in [-0.39, 0.29) is 5.91 Å². The molecule has 0 spiro atoms. The number of nitrogens with one attached hydrogen (secondary N) is 1. The molecule has 1 amide bonds. The Bertz CT molecular complexity index is 238. The second kappa shape index (κ2) is 5.67. The third-order valence-corrected chi connectivity index (χ3v) is 3.78. The lowest BCUT2D eigenvalue weighted by molar-refractivity contribution is -0.121. The summed E-state index contributed by atoms with van der Waals surface area (Å²) in [6.45, 7) is 7.29. The Morgan fingerprint density at radius 3 is 2.56 bits per heavy atom. The number of carbonyl (C=O) groups is 1. The molecule has 1 fully saturated rings. The third-order valence-electron chi connectivity index (χ3n) is 3.78. The minimum absolute atomic E-state index is 0.214. The highest BCUT2D eigenvalue weighted by Gasteiger charge is 2.46. The van der Waals surface area contributed by atoms with E-state index in [0.717, 1.165) is 32.2 Å². The van der Waals surface area contributed by atoms with Crippen LogP contribution in [0.15, 0.2) is 0 Å². The molecule has 3 heteroatoms. The van der Waals surface area contributed by atoms with Gasteiger partial charge in [0.2, 0.25) is 5.91 Å². The number of amides is 1. The average Bonchev–Trinajstić information content (AvgIpc) is 2.80. The van der Waals surface area contributed by atoms with Crippen molar-refractivity contribution in [1.29, 1.82) is 0 Å². The molecule has 1 aliphatic carbocycles. The summed E-state index contributed by atoms with van der Waals surface area (Å²) in [7, 11) is 0. The molecule has 3 N–H and O–H groups in total. The van der Waals surface area contributed by atoms with Crippen LogP contribution in [0.3, 0.4) is 0 Å². The van der Waals surface area contributed by atoms with Crippen LogP contribution in [0, 0.1) is 11.3 Å². The first kappa shape index (κ1) is 13.5. The number of rotatable bonds is 7. The van der Waals surface area contributed by atoms with E-state index >= 15 is 0 Å². The minimum atomic E-state index is 0.214. The summed E-state index contributed by atoms with van der Waals surface area (Å²) in [6.07, 6.45) is 4.93. The molecule has 16 heavy (non-hydrogen) atoms. The van der Waals surface area contributed by atoms with Crippen molar-refractivity contribution in [2.24, 2.45) is 17.1 Å². The normalized spacial score (nSPS) is 23.9. The Morgan fingerprint density at radius 2 is 2.12 bits per heavy atom. The second-order valence-electron chi connectivity index (χ2n) is 5.70. The van der Waals surface area contributed by atoms with Crippen LogP contribution in [-0.4, -0.2) is 18.5 Å². The summed E-state index contributed by atoms with van der Waals surface area (Å²) < 4.78 is 0. The quantitative estimate of drug-likeness (QED) is 0.698. The van der Waals surface area contributed by atoms with Crippen LogP contribution in [0.1, 0.15) is 52.9 Å². The zero-order valence-corrected chi connectivity index (χ0v) is 10.9. The van der Waals surface area contributed by atoms with Crippen LogP contribution in [0.2, 0.25) is 0 Å². The summed E-state index contributed by atoms with van der Waals surface area (Å²) in [5.41, 5.74) is 5.87. The Hall–Kier alpha value is -0.570. The van der Waals surface area contributed by atoms with Gasteiger partial charge in [0, 0.05) is 12.5 Å². The predicted molar refractivity (Wildman–Crippen MR) is 67.0 cm³/mol. The van der Waals surface area contributed by atoms with Crippen molar-refractivity contribution < 1.29 is 4.79 Å². The lowest BCUT2D eigenvalue weighted by Gasteiger charge is -2.13. The molecule has 0 aromatic carbocycles. The number of hydrogen-bond donors (Lipinski definition) is 2. The highest BCUT2D eigenvalue weighted by Crippen LogP contribution is 2.44.